The molecule has 3 aliphatic carbocycles. The van der Waals surface area contributed by atoms with Crippen LogP contribution in [0.1, 0.15) is 71.1 Å². The van der Waals surface area contributed by atoms with E-state index in [0.29, 0.717) is 0 Å². The van der Waals surface area contributed by atoms with Gasteiger partial charge in [-0.2, -0.15) is 0 Å². The molecule has 0 aromatic heterocycles. The largest absolute Gasteiger partial charge is 0.0625 e. The molecule has 0 heterocycles. The Balaban J connectivity index is 1.72. The van der Waals surface area contributed by atoms with Crippen LogP contribution in [-0.2, 0) is 0 Å². The molecule has 3 aliphatic rings. The Morgan fingerprint density at radius 2 is 1.07 bits per heavy atom. The molecule has 14 heavy (non-hydrogen) atoms. The highest BCUT2D eigenvalue weighted by molar-refractivity contribution is 4.79. The lowest BCUT2D eigenvalue weighted by molar-refractivity contribution is 0.159. The van der Waals surface area contributed by atoms with E-state index < -0.39 is 0 Å². The molecule has 0 aliphatic heterocycles. The molecule has 0 saturated heterocycles. The first-order valence-electron chi connectivity index (χ1n) is 6.84. The summed E-state index contributed by atoms with van der Waals surface area (Å²) >= 11 is 0. The van der Waals surface area contributed by atoms with E-state index in [-0.39, 0.29) is 0 Å². The highest BCUT2D eigenvalue weighted by Gasteiger charge is 2.27. The van der Waals surface area contributed by atoms with Crippen molar-refractivity contribution in [1.29, 1.82) is 0 Å². The first-order chi connectivity index (χ1) is 6.84. The number of rotatable bonds is 0. The van der Waals surface area contributed by atoms with Gasteiger partial charge in [0.1, 0.15) is 0 Å². The highest BCUT2D eigenvalue weighted by Crippen LogP contribution is 2.40. The van der Waals surface area contributed by atoms with E-state index >= 15 is 0 Å². The molecule has 0 radical (unpaired) electrons. The van der Waals surface area contributed by atoms with Crippen molar-refractivity contribution in [1.82, 2.24) is 0 Å². The number of fused-ring (bicyclic) bond motifs is 8. The Bertz CT molecular complexity index is 131. The van der Waals surface area contributed by atoms with Gasteiger partial charge < -0.3 is 0 Å². The molecule has 0 N–H and O–H groups in total. The van der Waals surface area contributed by atoms with Crippen LogP contribution in [0.3, 0.4) is 0 Å². The van der Waals surface area contributed by atoms with Crippen molar-refractivity contribution in [2.45, 2.75) is 71.1 Å². The molecule has 0 aromatic rings. The van der Waals surface area contributed by atoms with Crippen molar-refractivity contribution in [3.63, 3.8) is 0 Å². The van der Waals surface area contributed by atoms with Gasteiger partial charge in [0.2, 0.25) is 0 Å². The molecule has 0 unspecified atom stereocenters. The van der Waals surface area contributed by atoms with Crippen LogP contribution in [0.15, 0.2) is 0 Å². The maximum absolute atomic E-state index is 2.45. The number of hydrogen-bond donors (Lipinski definition) is 0. The van der Waals surface area contributed by atoms with Gasteiger partial charge in [0, 0.05) is 0 Å². The zero-order valence-corrected chi connectivity index (χ0v) is 9.80. The van der Waals surface area contributed by atoms with E-state index in [1.165, 1.54) is 38.5 Å². The third-order valence-electron chi connectivity index (χ3n) is 4.45. The van der Waals surface area contributed by atoms with Crippen molar-refractivity contribution >= 4 is 0 Å². The van der Waals surface area contributed by atoms with E-state index in [0.717, 1.165) is 17.8 Å². The van der Waals surface area contributed by atoms with Gasteiger partial charge in [-0.25, -0.2) is 0 Å². The van der Waals surface area contributed by atoms with Crippen LogP contribution < -0.4 is 0 Å². The molecular formula is C14H26. The van der Waals surface area contributed by atoms with Crippen LogP contribution in [0, 0.1) is 17.8 Å². The van der Waals surface area contributed by atoms with Gasteiger partial charge in [-0.3, -0.25) is 0 Å². The lowest BCUT2D eigenvalue weighted by atomic mass is 9.70. The molecule has 0 heteroatoms. The van der Waals surface area contributed by atoms with Gasteiger partial charge in [0.05, 0.1) is 0 Å². The summed E-state index contributed by atoms with van der Waals surface area (Å²) < 4.78 is 0. The van der Waals surface area contributed by atoms with Gasteiger partial charge in [-0.15, -0.1) is 0 Å². The highest BCUT2D eigenvalue weighted by atomic mass is 14.3. The summed E-state index contributed by atoms with van der Waals surface area (Å²) in [6, 6.07) is 0. The monoisotopic (exact) mass is 194 g/mol. The van der Waals surface area contributed by atoms with E-state index in [2.05, 4.69) is 6.92 Å². The van der Waals surface area contributed by atoms with E-state index in [1.54, 1.807) is 25.7 Å². The van der Waals surface area contributed by atoms with Crippen LogP contribution >= 0.6 is 0 Å². The van der Waals surface area contributed by atoms with Crippen LogP contribution in [0.5, 0.6) is 0 Å². The fourth-order valence-corrected chi connectivity index (χ4v) is 3.34. The van der Waals surface area contributed by atoms with Gasteiger partial charge in [0.15, 0.2) is 0 Å². The minimum Gasteiger partial charge on any atom is -0.0625 e. The lowest BCUT2D eigenvalue weighted by Crippen LogP contribution is -2.23. The molecule has 3 rings (SSSR count). The maximum Gasteiger partial charge on any atom is -0.0409 e. The summed E-state index contributed by atoms with van der Waals surface area (Å²) in [6.45, 7) is 2.45. The average molecular weight is 194 g/mol. The molecule has 2 bridgehead atoms. The van der Waals surface area contributed by atoms with Crippen molar-refractivity contribution < 1.29 is 0 Å². The van der Waals surface area contributed by atoms with Crippen LogP contribution in [0.4, 0.5) is 0 Å². The Hall–Kier alpha value is 0. The minimum absolute atomic E-state index is 1.01. The SMILES string of the molecule is CC1CCCCC2CC(CCCC1)C2. The Morgan fingerprint density at radius 3 is 1.57 bits per heavy atom. The first kappa shape index (κ1) is 10.5. The Kier molecular flexibility index (Phi) is 3.89. The van der Waals surface area contributed by atoms with Crippen LogP contribution in [-0.4, -0.2) is 0 Å². The molecule has 3 fully saturated rings. The maximum atomic E-state index is 2.45. The van der Waals surface area contributed by atoms with Gasteiger partial charge in [0.25, 0.3) is 0 Å². The third-order valence-corrected chi connectivity index (χ3v) is 4.45. The second-order valence-electron chi connectivity index (χ2n) is 5.88. The van der Waals surface area contributed by atoms with E-state index in [9.17, 15) is 0 Å². The zero-order valence-electron chi connectivity index (χ0n) is 9.80. The molecule has 0 nitrogen and oxygen atoms in total. The topological polar surface area (TPSA) is 0 Å². The van der Waals surface area contributed by atoms with Crippen molar-refractivity contribution in [2.75, 3.05) is 0 Å². The Labute approximate surface area is 89.5 Å². The molecular weight excluding hydrogens is 168 g/mol. The van der Waals surface area contributed by atoms with Gasteiger partial charge in [-0.1, -0.05) is 58.3 Å². The van der Waals surface area contributed by atoms with Crippen molar-refractivity contribution in [2.24, 2.45) is 17.8 Å². The predicted octanol–water partition coefficient (Wildman–Crippen LogP) is 4.78. The molecule has 0 aromatic carbocycles. The minimum atomic E-state index is 1.01. The molecule has 0 spiro atoms. The fourth-order valence-electron chi connectivity index (χ4n) is 3.34. The predicted molar refractivity (Wildman–Crippen MR) is 62.3 cm³/mol. The summed E-state index contributed by atoms with van der Waals surface area (Å²) in [5.41, 5.74) is 0. The van der Waals surface area contributed by atoms with E-state index in [1.807, 2.05) is 0 Å². The quantitative estimate of drug-likeness (QED) is 0.520. The van der Waals surface area contributed by atoms with Gasteiger partial charge >= 0.3 is 0 Å². The summed E-state index contributed by atoms with van der Waals surface area (Å²) in [5.74, 6) is 3.27. The van der Waals surface area contributed by atoms with Crippen molar-refractivity contribution in [3.8, 4) is 0 Å². The second kappa shape index (κ2) is 5.19. The first-order valence-corrected chi connectivity index (χ1v) is 6.84. The zero-order chi connectivity index (χ0) is 9.80. The smallest absolute Gasteiger partial charge is 0.0409 e. The summed E-state index contributed by atoms with van der Waals surface area (Å²) in [7, 11) is 0. The molecule has 0 atom stereocenters. The van der Waals surface area contributed by atoms with Gasteiger partial charge in [-0.05, 0) is 30.6 Å². The normalized spacial score (nSPS) is 40.5. The summed E-state index contributed by atoms with van der Waals surface area (Å²) in [6.07, 6.45) is 15.3. The van der Waals surface area contributed by atoms with Crippen LogP contribution in [0.25, 0.3) is 0 Å². The van der Waals surface area contributed by atoms with Crippen LogP contribution in [0.2, 0.25) is 0 Å². The molecule has 0 amide bonds. The summed E-state index contributed by atoms with van der Waals surface area (Å²) in [5, 5.41) is 0. The summed E-state index contributed by atoms with van der Waals surface area (Å²) in [4.78, 5) is 0. The number of hydrogen-bond acceptors (Lipinski definition) is 0. The molecule has 3 saturated carbocycles. The fraction of sp³-hybridized carbons (Fsp3) is 1.00. The second-order valence-corrected chi connectivity index (χ2v) is 5.88. The molecule has 82 valence electrons. The standard InChI is InChI=1S/C14H26/c1-12-6-2-4-8-13-10-14(11-13)9-5-3-7-12/h12-14H,2-11H2,1H3. The average Bonchev–Trinajstić information content (AvgIpc) is 2.08. The lowest BCUT2D eigenvalue weighted by Gasteiger charge is -2.36. The van der Waals surface area contributed by atoms with E-state index in [4.69, 9.17) is 0 Å². The third kappa shape index (κ3) is 3.00. The van der Waals surface area contributed by atoms with Crippen molar-refractivity contribution in [3.05, 3.63) is 0 Å². The Morgan fingerprint density at radius 1 is 0.643 bits per heavy atom.